The molecule has 0 aliphatic carbocycles. The summed E-state index contributed by atoms with van der Waals surface area (Å²) in [4.78, 5) is 11.6. The van der Waals surface area contributed by atoms with Gasteiger partial charge < -0.3 is 10.5 Å². The fraction of sp³-hybridized carbons (Fsp3) is 0.105. The summed E-state index contributed by atoms with van der Waals surface area (Å²) in [7, 11) is 0. The Balaban J connectivity index is 1.86. The lowest BCUT2D eigenvalue weighted by Gasteiger charge is -2.04. The number of nitrogen functional groups attached to an aromatic ring is 1. The predicted molar refractivity (Wildman–Crippen MR) is 94.9 cm³/mol. The van der Waals surface area contributed by atoms with E-state index in [2.05, 4.69) is 10.2 Å². The number of carbonyl (C=O) groups is 1. The van der Waals surface area contributed by atoms with Gasteiger partial charge in [-0.2, -0.15) is 5.11 Å². The topological polar surface area (TPSA) is 77.0 Å². The fourth-order valence-corrected chi connectivity index (χ4v) is 2.38. The average molecular weight is 319 g/mol. The van der Waals surface area contributed by atoms with Gasteiger partial charge in [-0.25, -0.2) is 4.79 Å². The van der Waals surface area contributed by atoms with Crippen LogP contribution in [0.5, 0.6) is 0 Å². The third-order valence-corrected chi connectivity index (χ3v) is 3.59. The molecule has 0 aliphatic heterocycles. The molecule has 0 aliphatic rings. The van der Waals surface area contributed by atoms with Crippen molar-refractivity contribution in [3.05, 3.63) is 66.2 Å². The molecule has 0 aromatic heterocycles. The Bertz CT molecular complexity index is 902. The maximum Gasteiger partial charge on any atom is 0.338 e. The highest BCUT2D eigenvalue weighted by Crippen LogP contribution is 2.31. The molecule has 24 heavy (non-hydrogen) atoms. The van der Waals surface area contributed by atoms with Gasteiger partial charge >= 0.3 is 5.97 Å². The first kappa shape index (κ1) is 15.7. The monoisotopic (exact) mass is 319 g/mol. The van der Waals surface area contributed by atoms with Crippen LogP contribution in [-0.4, -0.2) is 12.6 Å². The third kappa shape index (κ3) is 3.25. The highest BCUT2D eigenvalue weighted by atomic mass is 16.5. The van der Waals surface area contributed by atoms with Crippen LogP contribution in [-0.2, 0) is 4.74 Å². The summed E-state index contributed by atoms with van der Waals surface area (Å²) < 4.78 is 4.95. The summed E-state index contributed by atoms with van der Waals surface area (Å²) in [6.45, 7) is 2.13. The van der Waals surface area contributed by atoms with Crippen molar-refractivity contribution >= 4 is 33.8 Å². The number of ether oxygens (including phenoxy) is 1. The van der Waals surface area contributed by atoms with E-state index in [-0.39, 0.29) is 5.97 Å². The number of rotatable bonds is 4. The Morgan fingerprint density at radius 3 is 2.38 bits per heavy atom. The molecular weight excluding hydrogens is 302 g/mol. The number of hydrogen-bond acceptors (Lipinski definition) is 5. The van der Waals surface area contributed by atoms with Gasteiger partial charge in [-0.05, 0) is 43.3 Å². The highest BCUT2D eigenvalue weighted by molar-refractivity contribution is 6.00. The summed E-state index contributed by atoms with van der Waals surface area (Å²) in [5.41, 5.74) is 8.59. The number of benzene rings is 3. The Hall–Kier alpha value is -3.21. The summed E-state index contributed by atoms with van der Waals surface area (Å²) in [6.07, 6.45) is 0. The van der Waals surface area contributed by atoms with Gasteiger partial charge in [0.2, 0.25) is 0 Å². The van der Waals surface area contributed by atoms with Crippen molar-refractivity contribution in [1.29, 1.82) is 0 Å². The van der Waals surface area contributed by atoms with Crippen LogP contribution in [0.1, 0.15) is 17.3 Å². The van der Waals surface area contributed by atoms with E-state index in [0.717, 1.165) is 16.5 Å². The lowest BCUT2D eigenvalue weighted by atomic mass is 10.1. The van der Waals surface area contributed by atoms with E-state index in [1.165, 1.54) is 0 Å². The minimum Gasteiger partial charge on any atom is -0.462 e. The van der Waals surface area contributed by atoms with Gasteiger partial charge in [0.25, 0.3) is 0 Å². The molecule has 5 heteroatoms. The van der Waals surface area contributed by atoms with Crippen LogP contribution in [0, 0.1) is 0 Å². The van der Waals surface area contributed by atoms with Crippen LogP contribution in [0.15, 0.2) is 70.9 Å². The van der Waals surface area contributed by atoms with E-state index in [9.17, 15) is 4.79 Å². The Kier molecular flexibility index (Phi) is 4.52. The van der Waals surface area contributed by atoms with E-state index in [4.69, 9.17) is 10.5 Å². The summed E-state index contributed by atoms with van der Waals surface area (Å²) in [5, 5.41) is 10.4. The quantitative estimate of drug-likeness (QED) is 0.417. The normalized spacial score (nSPS) is 11.0. The van der Waals surface area contributed by atoms with E-state index in [0.29, 0.717) is 23.5 Å². The van der Waals surface area contributed by atoms with Crippen LogP contribution in [0.25, 0.3) is 10.8 Å². The lowest BCUT2D eigenvalue weighted by Crippen LogP contribution is -2.03. The van der Waals surface area contributed by atoms with Crippen LogP contribution < -0.4 is 5.73 Å². The van der Waals surface area contributed by atoms with E-state index >= 15 is 0 Å². The van der Waals surface area contributed by atoms with Crippen LogP contribution in [0.3, 0.4) is 0 Å². The molecule has 0 radical (unpaired) electrons. The second kappa shape index (κ2) is 6.91. The SMILES string of the molecule is CCOC(=O)c1ccc(/N=N/c2ccc(N)c3ccccc23)cc1. The number of fused-ring (bicyclic) bond motifs is 1. The smallest absolute Gasteiger partial charge is 0.338 e. The molecule has 0 fully saturated rings. The van der Waals surface area contributed by atoms with Gasteiger partial charge in [0.15, 0.2) is 0 Å². The Morgan fingerprint density at radius 1 is 0.958 bits per heavy atom. The fourth-order valence-electron chi connectivity index (χ4n) is 2.38. The Labute approximate surface area is 139 Å². The number of nitrogens with two attached hydrogens (primary N) is 1. The molecule has 0 atom stereocenters. The van der Waals surface area contributed by atoms with Crippen molar-refractivity contribution in [2.45, 2.75) is 6.92 Å². The number of carbonyl (C=O) groups excluding carboxylic acids is 1. The largest absolute Gasteiger partial charge is 0.462 e. The second-order valence-electron chi connectivity index (χ2n) is 5.19. The average Bonchev–Trinajstić information content (AvgIpc) is 2.62. The van der Waals surface area contributed by atoms with Crippen LogP contribution >= 0.6 is 0 Å². The summed E-state index contributed by atoms with van der Waals surface area (Å²) >= 11 is 0. The van der Waals surface area contributed by atoms with Crippen molar-refractivity contribution in [3.63, 3.8) is 0 Å². The van der Waals surface area contributed by atoms with Crippen molar-refractivity contribution in [3.8, 4) is 0 Å². The van der Waals surface area contributed by atoms with E-state index in [1.807, 2.05) is 36.4 Å². The van der Waals surface area contributed by atoms with Crippen molar-refractivity contribution in [2.24, 2.45) is 10.2 Å². The first-order valence-electron chi connectivity index (χ1n) is 7.65. The van der Waals surface area contributed by atoms with Gasteiger partial charge in [-0.15, -0.1) is 5.11 Å². The molecule has 3 aromatic carbocycles. The van der Waals surface area contributed by atoms with E-state index < -0.39 is 0 Å². The molecule has 5 nitrogen and oxygen atoms in total. The minimum atomic E-state index is -0.342. The van der Waals surface area contributed by atoms with Crippen LogP contribution in [0.2, 0.25) is 0 Å². The van der Waals surface area contributed by atoms with Gasteiger partial charge in [-0.3, -0.25) is 0 Å². The number of anilines is 1. The number of nitrogens with zero attached hydrogens (tertiary/aromatic N) is 2. The lowest BCUT2D eigenvalue weighted by molar-refractivity contribution is 0.0526. The van der Waals surface area contributed by atoms with Crippen molar-refractivity contribution in [2.75, 3.05) is 12.3 Å². The molecule has 120 valence electrons. The maximum absolute atomic E-state index is 11.6. The molecule has 0 bridgehead atoms. The molecule has 3 rings (SSSR count). The zero-order valence-corrected chi connectivity index (χ0v) is 13.3. The zero-order chi connectivity index (χ0) is 16.9. The summed E-state index contributed by atoms with van der Waals surface area (Å²) in [6, 6.07) is 18.3. The molecular formula is C19H17N3O2. The highest BCUT2D eigenvalue weighted by Gasteiger charge is 2.06. The zero-order valence-electron chi connectivity index (χ0n) is 13.3. The minimum absolute atomic E-state index is 0.342. The molecule has 0 saturated carbocycles. The van der Waals surface area contributed by atoms with Gasteiger partial charge in [-0.1, -0.05) is 24.3 Å². The summed E-state index contributed by atoms with van der Waals surface area (Å²) in [5.74, 6) is -0.342. The van der Waals surface area contributed by atoms with Gasteiger partial charge in [0.05, 0.1) is 23.5 Å². The predicted octanol–water partition coefficient (Wildman–Crippen LogP) is 5.01. The van der Waals surface area contributed by atoms with Gasteiger partial charge in [0.1, 0.15) is 0 Å². The molecule has 0 amide bonds. The van der Waals surface area contributed by atoms with Crippen LogP contribution in [0.4, 0.5) is 17.1 Å². The molecule has 0 heterocycles. The molecule has 0 unspecified atom stereocenters. The van der Waals surface area contributed by atoms with Crippen molar-refractivity contribution in [1.82, 2.24) is 0 Å². The second-order valence-corrected chi connectivity index (χ2v) is 5.19. The number of azo groups is 1. The number of hydrogen-bond donors (Lipinski definition) is 1. The standard InChI is InChI=1S/C19H17N3O2/c1-2-24-19(23)13-7-9-14(10-8-13)21-22-18-12-11-17(20)15-5-3-4-6-16(15)18/h3-12H,2,20H2,1H3/b22-21+. The maximum atomic E-state index is 11.6. The van der Waals surface area contributed by atoms with E-state index in [1.54, 1.807) is 31.2 Å². The molecule has 2 N–H and O–H groups in total. The number of esters is 1. The molecule has 0 spiro atoms. The first-order chi connectivity index (χ1) is 11.7. The van der Waals surface area contributed by atoms with Gasteiger partial charge in [0, 0.05) is 16.5 Å². The molecule has 3 aromatic rings. The third-order valence-electron chi connectivity index (χ3n) is 3.59. The molecule has 0 saturated heterocycles. The Morgan fingerprint density at radius 2 is 1.67 bits per heavy atom. The first-order valence-corrected chi connectivity index (χ1v) is 7.65. The van der Waals surface area contributed by atoms with Crippen molar-refractivity contribution < 1.29 is 9.53 Å².